The predicted octanol–water partition coefficient (Wildman–Crippen LogP) is 7.72. The summed E-state index contributed by atoms with van der Waals surface area (Å²) in [6.45, 7) is 14.0. The van der Waals surface area contributed by atoms with E-state index in [-0.39, 0.29) is 0 Å². The second-order valence-corrected chi connectivity index (χ2v) is 11.4. The van der Waals surface area contributed by atoms with Gasteiger partial charge in [-0.3, -0.25) is 20.3 Å². The number of imidazole rings is 2. The summed E-state index contributed by atoms with van der Waals surface area (Å²) in [5.74, 6) is 0. The highest BCUT2D eigenvalue weighted by atomic mass is 32.1. The lowest BCUT2D eigenvalue weighted by molar-refractivity contribution is 0.419. The first-order valence-corrected chi connectivity index (χ1v) is 16.0. The maximum Gasteiger partial charge on any atom is 0.126 e. The summed E-state index contributed by atoms with van der Waals surface area (Å²) < 4.78 is 6.35. The molecule has 8 aromatic rings. The number of hydrogen-bond donors (Lipinski definition) is 4. The van der Waals surface area contributed by atoms with Crippen LogP contribution in [-0.4, -0.2) is 60.3 Å². The van der Waals surface area contributed by atoms with Gasteiger partial charge in [0.15, 0.2) is 0 Å². The van der Waals surface area contributed by atoms with Crippen LogP contribution in [0.1, 0.15) is 38.5 Å². The van der Waals surface area contributed by atoms with E-state index < -0.39 is 0 Å². The van der Waals surface area contributed by atoms with Gasteiger partial charge in [-0.05, 0) is 94.8 Å². The van der Waals surface area contributed by atoms with Crippen LogP contribution >= 0.6 is 11.3 Å². The van der Waals surface area contributed by atoms with E-state index in [0.717, 1.165) is 17.0 Å². The Morgan fingerprint density at radius 2 is 1.35 bits per heavy atom. The zero-order valence-electron chi connectivity index (χ0n) is 29.4. The Morgan fingerprint density at radius 3 is 1.51 bits per heavy atom. The lowest BCUT2D eigenvalue weighted by Crippen LogP contribution is -1.76. The van der Waals surface area contributed by atoms with E-state index in [1.54, 1.807) is 79.8 Å². The first kappa shape index (κ1) is 41.1. The highest BCUT2D eigenvalue weighted by Crippen LogP contribution is 2.03. The van der Waals surface area contributed by atoms with Crippen molar-refractivity contribution in [2.45, 2.75) is 48.5 Å². The van der Waals surface area contributed by atoms with Crippen LogP contribution in [0.15, 0.2) is 127 Å². The van der Waals surface area contributed by atoms with E-state index in [2.05, 4.69) is 84.6 Å². The normalized spacial score (nSPS) is 8.82. The molecular weight excluding hydrogens is 637 g/mol. The Kier molecular flexibility index (Phi) is 22.9. The third kappa shape index (κ3) is 25.9. The Labute approximate surface area is 292 Å². The molecule has 0 spiro atoms. The van der Waals surface area contributed by atoms with Crippen LogP contribution in [0.25, 0.3) is 0 Å². The van der Waals surface area contributed by atoms with Crippen LogP contribution in [0.3, 0.4) is 0 Å². The molecule has 13 nitrogen and oxygen atoms in total. The minimum absolute atomic E-state index is 1.06. The first-order chi connectivity index (χ1) is 23.7. The molecule has 0 aliphatic rings. The Bertz CT molecular complexity index is 1380. The Hall–Kier alpha value is -5.89. The van der Waals surface area contributed by atoms with E-state index in [1.165, 1.54) is 21.6 Å². The molecule has 0 atom stereocenters. The van der Waals surface area contributed by atoms with Crippen LogP contribution in [0.5, 0.6) is 0 Å². The SMILES string of the molecule is Cc1cccs1.Cc1ccn[nH]1.Cc1ccncc1.Cc1cn[nH]c1.Cc1cn[nH]c1.Cc1cnc[nH]1.Cc1cnoc1.Cn1ccnc1. The molecule has 0 unspecified atom stereocenters. The summed E-state index contributed by atoms with van der Waals surface area (Å²) in [5.41, 5.74) is 6.89. The quantitative estimate of drug-likeness (QED) is 0.126. The van der Waals surface area contributed by atoms with Crippen molar-refractivity contribution in [1.82, 2.24) is 60.3 Å². The van der Waals surface area contributed by atoms with Crippen molar-refractivity contribution < 1.29 is 4.52 Å². The number of hydrogen-bond acceptors (Lipinski definition) is 9. The van der Waals surface area contributed by atoms with E-state index in [9.17, 15) is 0 Å². The van der Waals surface area contributed by atoms with Gasteiger partial charge in [0.05, 0.1) is 31.2 Å². The van der Waals surface area contributed by atoms with Crippen molar-refractivity contribution in [3.8, 4) is 0 Å². The van der Waals surface area contributed by atoms with Crippen LogP contribution in [0.4, 0.5) is 0 Å². The molecule has 0 bridgehead atoms. The molecule has 0 saturated heterocycles. The van der Waals surface area contributed by atoms with E-state index in [1.807, 2.05) is 89.9 Å². The van der Waals surface area contributed by atoms with Crippen LogP contribution in [0, 0.1) is 48.5 Å². The van der Waals surface area contributed by atoms with Gasteiger partial charge < -0.3 is 14.1 Å². The molecule has 8 aromatic heterocycles. The summed E-state index contributed by atoms with van der Waals surface area (Å²) >= 11 is 1.78. The van der Waals surface area contributed by atoms with Crippen LogP contribution < -0.4 is 0 Å². The second kappa shape index (κ2) is 27.2. The lowest BCUT2D eigenvalue weighted by Gasteiger charge is -1.82. The molecule has 8 heterocycles. The van der Waals surface area contributed by atoms with Gasteiger partial charge >= 0.3 is 0 Å². The van der Waals surface area contributed by atoms with Gasteiger partial charge in [-0.1, -0.05) is 11.2 Å². The van der Waals surface area contributed by atoms with Gasteiger partial charge in [0.25, 0.3) is 0 Å². The summed E-state index contributed by atoms with van der Waals surface area (Å²) in [4.78, 5) is 15.7. The number of H-pyrrole nitrogens is 4. The summed E-state index contributed by atoms with van der Waals surface area (Å²) in [7, 11) is 1.94. The number of nitrogens with one attached hydrogen (secondary N) is 4. The van der Waals surface area contributed by atoms with E-state index in [0.29, 0.717) is 0 Å². The molecule has 0 aliphatic heterocycles. The standard InChI is InChI=1S/C6H7N.C5H6S.5C4H6N2.C4H5NO/c1-6-2-4-7-5-3-6;1-5-3-2-4-6-5;1-4-2-5-3-6-4;2*1-4-2-5-6-3-4;1-6-3-2-5-4-6;1-4-2-3-5-6-4;1-4-2-5-6-3-4/h2-5H,1H3;2-4H,1H3;3*2-3H,1H3,(H,5,6);2-4H,1H3;2-3H,1H3,(H,5,6);2-3H,1H3. The van der Waals surface area contributed by atoms with Gasteiger partial charge in [0.2, 0.25) is 0 Å². The average molecular weight is 685 g/mol. The van der Waals surface area contributed by atoms with Crippen molar-refractivity contribution in [3.05, 3.63) is 161 Å². The fraction of sp³-hybridized carbons (Fsp3) is 0.229. The molecule has 8 rings (SSSR count). The van der Waals surface area contributed by atoms with Crippen molar-refractivity contribution in [3.63, 3.8) is 0 Å². The van der Waals surface area contributed by atoms with E-state index in [4.69, 9.17) is 0 Å². The molecule has 0 saturated carbocycles. The van der Waals surface area contributed by atoms with Gasteiger partial charge in [-0.15, -0.1) is 11.3 Å². The number of aromatic nitrogens is 12. The fourth-order valence-electron chi connectivity index (χ4n) is 2.65. The maximum absolute atomic E-state index is 4.46. The number of pyridine rings is 1. The fourth-order valence-corrected chi connectivity index (χ4v) is 3.18. The number of aryl methyl sites for hydroxylation is 8. The van der Waals surface area contributed by atoms with Crippen LogP contribution in [-0.2, 0) is 7.05 Å². The first-order valence-electron chi connectivity index (χ1n) is 15.1. The van der Waals surface area contributed by atoms with Crippen molar-refractivity contribution in [2.75, 3.05) is 0 Å². The molecule has 0 aliphatic carbocycles. The highest BCUT2D eigenvalue weighted by Gasteiger charge is 1.79. The molecule has 0 aromatic carbocycles. The molecular formula is C35H48N12OS. The summed E-state index contributed by atoms with van der Waals surface area (Å²) in [6, 6.07) is 10.0. The van der Waals surface area contributed by atoms with Crippen molar-refractivity contribution in [2.24, 2.45) is 7.05 Å². The largest absolute Gasteiger partial charge is 0.365 e. The molecule has 14 heteroatoms. The van der Waals surface area contributed by atoms with E-state index >= 15 is 0 Å². The van der Waals surface area contributed by atoms with Crippen LogP contribution in [0.2, 0.25) is 0 Å². The topological polar surface area (TPSA) is 171 Å². The predicted molar refractivity (Wildman–Crippen MR) is 196 cm³/mol. The zero-order chi connectivity index (χ0) is 36.0. The number of aromatic amines is 4. The smallest absolute Gasteiger partial charge is 0.126 e. The summed E-state index contributed by atoms with van der Waals surface area (Å²) in [5, 5.41) is 24.7. The average Bonchev–Trinajstić information content (AvgIpc) is 3.92. The monoisotopic (exact) mass is 684 g/mol. The van der Waals surface area contributed by atoms with Crippen molar-refractivity contribution >= 4 is 11.3 Å². The molecule has 260 valence electrons. The lowest BCUT2D eigenvalue weighted by atomic mass is 10.3. The Balaban J connectivity index is 0.000000280. The molecule has 0 fully saturated rings. The van der Waals surface area contributed by atoms with Gasteiger partial charge in [0, 0.05) is 78.5 Å². The third-order valence-electron chi connectivity index (χ3n) is 5.25. The number of rotatable bonds is 0. The Morgan fingerprint density at radius 1 is 0.653 bits per heavy atom. The highest BCUT2D eigenvalue weighted by molar-refractivity contribution is 7.09. The zero-order valence-corrected chi connectivity index (χ0v) is 30.3. The number of thiophene rings is 1. The second-order valence-electron chi connectivity index (χ2n) is 10.2. The summed E-state index contributed by atoms with van der Waals surface area (Å²) in [6.07, 6.45) is 24.6. The number of nitrogens with zero attached hydrogens (tertiary/aromatic N) is 8. The molecule has 0 amide bonds. The molecule has 4 N–H and O–H groups in total. The molecule has 49 heavy (non-hydrogen) atoms. The minimum Gasteiger partial charge on any atom is -0.365 e. The van der Waals surface area contributed by atoms with Gasteiger partial charge in [-0.2, -0.15) is 15.3 Å². The molecule has 0 radical (unpaired) electrons. The third-order valence-corrected chi connectivity index (χ3v) is 6.05. The maximum atomic E-state index is 4.46. The van der Waals surface area contributed by atoms with Gasteiger partial charge in [-0.25, -0.2) is 9.97 Å². The van der Waals surface area contributed by atoms with Gasteiger partial charge in [0.1, 0.15) is 6.26 Å². The van der Waals surface area contributed by atoms with Crippen molar-refractivity contribution in [1.29, 1.82) is 0 Å². The minimum atomic E-state index is 1.06.